The SMILES string of the molecule is O=P(c1ccc(-c2c3ccc4ccccc4c3nc3c2ccc2ccccc23)cc1)(c1ccc(-c2c3ccc4ccccc4c3nc3c2ccc2ccccc23)cc1)c1cc2ccccc2c2ccccc12. The number of rotatable bonds is 5. The van der Waals surface area contributed by atoms with Crippen molar-refractivity contribution < 1.29 is 4.57 Å². The highest BCUT2D eigenvalue weighted by molar-refractivity contribution is 7.85. The Labute approximate surface area is 414 Å². The van der Waals surface area contributed by atoms with Crippen molar-refractivity contribution in [1.82, 2.24) is 9.97 Å². The molecule has 0 aliphatic carbocycles. The summed E-state index contributed by atoms with van der Waals surface area (Å²) >= 11 is 0. The molecule has 0 saturated carbocycles. The van der Waals surface area contributed by atoms with Gasteiger partial charge in [0.2, 0.25) is 0 Å². The zero-order valence-corrected chi connectivity index (χ0v) is 39.8. The monoisotopic (exact) mass is 932 g/mol. The second-order valence-electron chi connectivity index (χ2n) is 19.1. The van der Waals surface area contributed by atoms with E-state index in [2.05, 4.69) is 249 Å². The molecule has 0 N–H and O–H groups in total. The van der Waals surface area contributed by atoms with E-state index < -0.39 is 7.14 Å². The first-order valence-electron chi connectivity index (χ1n) is 24.6. The van der Waals surface area contributed by atoms with E-state index in [0.717, 1.165) is 146 Å². The van der Waals surface area contributed by atoms with Gasteiger partial charge in [0, 0.05) is 70.1 Å². The largest absolute Gasteiger partial charge is 0.309 e. The van der Waals surface area contributed by atoms with Crippen LogP contribution in [0.1, 0.15) is 0 Å². The lowest BCUT2D eigenvalue weighted by molar-refractivity contribution is 0.592. The lowest BCUT2D eigenvalue weighted by Crippen LogP contribution is -2.25. The van der Waals surface area contributed by atoms with E-state index in [-0.39, 0.29) is 0 Å². The van der Waals surface area contributed by atoms with Gasteiger partial charge in [0.15, 0.2) is 7.14 Å². The fourth-order valence-electron chi connectivity index (χ4n) is 11.8. The summed E-state index contributed by atoms with van der Waals surface area (Å²) in [6.45, 7) is 0. The molecule has 15 aromatic rings. The first-order valence-corrected chi connectivity index (χ1v) is 26.3. The molecule has 0 atom stereocenters. The van der Waals surface area contributed by atoms with Crippen LogP contribution in [-0.4, -0.2) is 9.97 Å². The lowest BCUT2D eigenvalue weighted by atomic mass is 9.92. The van der Waals surface area contributed by atoms with E-state index in [1.54, 1.807) is 0 Å². The number of hydrogen-bond acceptors (Lipinski definition) is 3. The Morgan fingerprint density at radius 1 is 0.250 bits per heavy atom. The van der Waals surface area contributed by atoms with Gasteiger partial charge in [-0.15, -0.1) is 0 Å². The summed E-state index contributed by atoms with van der Waals surface area (Å²) in [5.74, 6) is 0. The van der Waals surface area contributed by atoms with Gasteiger partial charge in [0.25, 0.3) is 0 Å². The highest BCUT2D eigenvalue weighted by Crippen LogP contribution is 2.48. The average Bonchev–Trinajstić information content (AvgIpc) is 3.45. The van der Waals surface area contributed by atoms with Crippen molar-refractivity contribution in [1.29, 1.82) is 0 Å². The topological polar surface area (TPSA) is 42.9 Å². The van der Waals surface area contributed by atoms with Crippen LogP contribution in [0, 0.1) is 0 Å². The predicted octanol–water partition coefficient (Wildman–Crippen LogP) is 17.0. The molecule has 334 valence electrons. The van der Waals surface area contributed by atoms with Crippen LogP contribution in [0.25, 0.3) is 131 Å². The standard InChI is InChI=1S/C68H41N2OP/c71-72(62-41-48-17-5-6-18-51(48)56-23-11-12-24-57(56)62,49-33-25-46(26-34-49)63-58-37-29-42-13-1-7-19-52(42)65(58)69-66-53-20-8-2-14-43(53)30-38-59(63)66)50-35-27-47(28-36-50)64-60-39-31-44-15-3-9-21-54(44)67(60)70-68-55-22-10-4-16-45(55)32-40-61(64)68/h1-41H. The zero-order chi connectivity index (χ0) is 47.5. The van der Waals surface area contributed by atoms with Gasteiger partial charge in [-0.3, -0.25) is 0 Å². The smallest absolute Gasteiger partial charge is 0.171 e. The highest BCUT2D eigenvalue weighted by Gasteiger charge is 2.33. The van der Waals surface area contributed by atoms with Crippen LogP contribution in [0.4, 0.5) is 0 Å². The molecule has 0 spiro atoms. The molecule has 15 rings (SSSR count). The van der Waals surface area contributed by atoms with Gasteiger partial charge in [-0.2, -0.15) is 0 Å². The van der Waals surface area contributed by atoms with Gasteiger partial charge in [-0.25, -0.2) is 9.97 Å². The van der Waals surface area contributed by atoms with Crippen molar-refractivity contribution in [3.05, 3.63) is 249 Å². The van der Waals surface area contributed by atoms with E-state index >= 15 is 4.57 Å². The van der Waals surface area contributed by atoms with Crippen LogP contribution >= 0.6 is 7.14 Å². The Morgan fingerprint density at radius 2 is 0.556 bits per heavy atom. The minimum atomic E-state index is -3.60. The maximum Gasteiger partial charge on any atom is 0.171 e. The number of nitrogens with zero attached hydrogens (tertiary/aromatic N) is 2. The minimum absolute atomic E-state index is 0.774. The van der Waals surface area contributed by atoms with E-state index in [9.17, 15) is 0 Å². The molecule has 3 nitrogen and oxygen atoms in total. The van der Waals surface area contributed by atoms with Crippen LogP contribution < -0.4 is 15.9 Å². The molecule has 2 aromatic heterocycles. The summed E-state index contributed by atoms with van der Waals surface area (Å²) in [4.78, 5) is 10.9. The second kappa shape index (κ2) is 15.8. The van der Waals surface area contributed by atoms with Crippen LogP contribution in [0.3, 0.4) is 0 Å². The Morgan fingerprint density at radius 3 is 0.931 bits per heavy atom. The molecule has 13 aromatic carbocycles. The average molecular weight is 933 g/mol. The van der Waals surface area contributed by atoms with Gasteiger partial charge in [0.05, 0.1) is 22.1 Å². The summed E-state index contributed by atoms with van der Waals surface area (Å²) in [6.07, 6.45) is 0. The normalized spacial score (nSPS) is 12.2. The van der Waals surface area contributed by atoms with Gasteiger partial charge < -0.3 is 4.57 Å². The molecule has 0 aliphatic heterocycles. The number of fused-ring (bicyclic) bond motifs is 15. The molecule has 72 heavy (non-hydrogen) atoms. The Kier molecular flexibility index (Phi) is 8.93. The maximum absolute atomic E-state index is 17.2. The molecule has 2 heterocycles. The fourth-order valence-corrected chi connectivity index (χ4v) is 14.7. The first-order chi connectivity index (χ1) is 35.6. The molecule has 0 saturated heterocycles. The molecule has 0 aliphatic rings. The van der Waals surface area contributed by atoms with E-state index in [4.69, 9.17) is 9.97 Å². The van der Waals surface area contributed by atoms with Crippen LogP contribution in [0.15, 0.2) is 249 Å². The molecular formula is C68H41N2OP. The number of pyridine rings is 2. The van der Waals surface area contributed by atoms with Crippen molar-refractivity contribution in [2.24, 2.45) is 0 Å². The van der Waals surface area contributed by atoms with Crippen molar-refractivity contribution in [3.63, 3.8) is 0 Å². The van der Waals surface area contributed by atoms with Gasteiger partial charge >= 0.3 is 0 Å². The highest BCUT2D eigenvalue weighted by atomic mass is 31.2. The lowest BCUT2D eigenvalue weighted by Gasteiger charge is -2.24. The summed E-state index contributed by atoms with van der Waals surface area (Å²) < 4.78 is 17.2. The maximum atomic E-state index is 17.2. The van der Waals surface area contributed by atoms with Gasteiger partial charge in [-0.1, -0.05) is 243 Å². The van der Waals surface area contributed by atoms with E-state index in [1.807, 2.05) is 0 Å². The van der Waals surface area contributed by atoms with Crippen LogP contribution in [0.5, 0.6) is 0 Å². The van der Waals surface area contributed by atoms with Crippen molar-refractivity contribution in [3.8, 4) is 22.3 Å². The Bertz CT molecular complexity index is 4400. The van der Waals surface area contributed by atoms with Crippen molar-refractivity contribution in [2.75, 3.05) is 0 Å². The third-order valence-corrected chi connectivity index (χ3v) is 18.4. The zero-order valence-electron chi connectivity index (χ0n) is 38.9. The molecule has 0 radical (unpaired) electrons. The molecule has 0 unspecified atom stereocenters. The van der Waals surface area contributed by atoms with E-state index in [0.29, 0.717) is 0 Å². The van der Waals surface area contributed by atoms with E-state index in [1.165, 1.54) is 0 Å². The second-order valence-corrected chi connectivity index (χ2v) is 21.8. The summed E-state index contributed by atoms with van der Waals surface area (Å²) in [5, 5.41) is 20.1. The third kappa shape index (κ3) is 6.02. The number of aromatic nitrogens is 2. The molecule has 0 fully saturated rings. The minimum Gasteiger partial charge on any atom is -0.309 e. The quantitative estimate of drug-likeness (QED) is 0.0981. The van der Waals surface area contributed by atoms with Crippen molar-refractivity contribution in [2.45, 2.75) is 0 Å². The molecule has 4 heteroatoms. The van der Waals surface area contributed by atoms with Crippen LogP contribution in [0.2, 0.25) is 0 Å². The third-order valence-electron chi connectivity index (χ3n) is 15.3. The first kappa shape index (κ1) is 40.8. The summed E-state index contributed by atoms with van der Waals surface area (Å²) in [5.41, 5.74) is 8.21. The number of benzene rings is 13. The Balaban J connectivity index is 0.966. The van der Waals surface area contributed by atoms with Crippen molar-refractivity contribution >= 4 is 131 Å². The molecule has 0 amide bonds. The number of hydrogen-bond donors (Lipinski definition) is 0. The Hall–Kier alpha value is -9.01. The summed E-state index contributed by atoms with van der Waals surface area (Å²) in [7, 11) is -3.60. The van der Waals surface area contributed by atoms with Crippen LogP contribution in [-0.2, 0) is 4.57 Å². The van der Waals surface area contributed by atoms with Gasteiger partial charge in [0.1, 0.15) is 0 Å². The molecule has 0 bridgehead atoms. The fraction of sp³-hybridized carbons (Fsp3) is 0. The molecular weight excluding hydrogens is 892 g/mol. The predicted molar refractivity (Wildman–Crippen MR) is 307 cm³/mol. The summed E-state index contributed by atoms with van der Waals surface area (Å²) in [6, 6.07) is 88.0. The van der Waals surface area contributed by atoms with Gasteiger partial charge in [-0.05, 0) is 60.3 Å².